The topological polar surface area (TPSA) is 45.7 Å². The lowest BCUT2D eigenvalue weighted by atomic mass is 10.2. The molecule has 0 radical (unpaired) electrons. The number of fused-ring (bicyclic) bond motifs is 1. The van der Waals surface area contributed by atoms with E-state index in [1.165, 1.54) is 24.3 Å². The number of likely N-dealkylation sites (tertiary alicyclic amines) is 1. The molecule has 5 nitrogen and oxygen atoms in total. The number of rotatable bonds is 6. The molecule has 2 aromatic rings. The minimum absolute atomic E-state index is 0.0740. The molecule has 1 atom stereocenters. The molecule has 0 aliphatic carbocycles. The van der Waals surface area contributed by atoms with Gasteiger partial charge in [-0.2, -0.15) is 0 Å². The van der Waals surface area contributed by atoms with Crippen LogP contribution in [0, 0.1) is 0 Å². The zero-order valence-electron chi connectivity index (χ0n) is 16.8. The van der Waals surface area contributed by atoms with Crippen molar-refractivity contribution in [1.82, 2.24) is 9.88 Å². The van der Waals surface area contributed by atoms with Gasteiger partial charge in [0.25, 0.3) is 0 Å². The van der Waals surface area contributed by atoms with E-state index >= 15 is 0 Å². The van der Waals surface area contributed by atoms with Crippen LogP contribution in [0.1, 0.15) is 44.4 Å². The average molecular weight is 400 g/mol. The number of aromatic nitrogens is 1. The Hall–Kier alpha value is -1.92. The molecule has 2 aliphatic rings. The summed E-state index contributed by atoms with van der Waals surface area (Å²) in [5.74, 6) is 1.84. The van der Waals surface area contributed by atoms with Crippen molar-refractivity contribution in [2.75, 3.05) is 31.1 Å². The maximum absolute atomic E-state index is 11.9. The Bertz CT molecular complexity index is 818. The predicted octanol–water partition coefficient (Wildman–Crippen LogP) is 4.36. The number of hydrogen-bond acceptors (Lipinski definition) is 5. The van der Waals surface area contributed by atoms with E-state index in [0.29, 0.717) is 0 Å². The summed E-state index contributed by atoms with van der Waals surface area (Å²) in [4.78, 5) is 22.2. The lowest BCUT2D eigenvalue weighted by molar-refractivity contribution is -0.116. The molecule has 6 heteroatoms. The van der Waals surface area contributed by atoms with Crippen molar-refractivity contribution >= 4 is 23.1 Å². The van der Waals surface area contributed by atoms with Crippen molar-refractivity contribution in [2.24, 2.45) is 0 Å². The van der Waals surface area contributed by atoms with E-state index in [9.17, 15) is 4.79 Å². The number of hydrogen-bond donors (Lipinski definition) is 0. The molecule has 1 amide bonds. The highest BCUT2D eigenvalue weighted by atomic mass is 32.1. The summed E-state index contributed by atoms with van der Waals surface area (Å²) in [6.45, 7) is 7.81. The molecule has 4 rings (SSSR count). The van der Waals surface area contributed by atoms with E-state index in [-0.39, 0.29) is 5.91 Å². The van der Waals surface area contributed by atoms with Crippen molar-refractivity contribution in [2.45, 2.75) is 52.0 Å². The molecule has 1 saturated heterocycles. The van der Waals surface area contributed by atoms with E-state index in [1.54, 1.807) is 23.2 Å². The highest BCUT2D eigenvalue weighted by Gasteiger charge is 2.25. The normalized spacial score (nSPS) is 19.6. The highest BCUT2D eigenvalue weighted by Crippen LogP contribution is 2.37. The van der Waals surface area contributed by atoms with Gasteiger partial charge in [0, 0.05) is 36.5 Å². The van der Waals surface area contributed by atoms with Gasteiger partial charge in [0.15, 0.2) is 0 Å². The van der Waals surface area contributed by atoms with Crippen LogP contribution in [0.3, 0.4) is 0 Å². The first kappa shape index (κ1) is 19.4. The summed E-state index contributed by atoms with van der Waals surface area (Å²) < 4.78 is 5.93. The number of ether oxygens (including phenoxy) is 1. The first-order valence-corrected chi connectivity index (χ1v) is 11.2. The average Bonchev–Trinajstić information content (AvgIpc) is 3.31. The van der Waals surface area contributed by atoms with Gasteiger partial charge in [-0.15, -0.1) is 11.3 Å². The molecule has 0 saturated carbocycles. The van der Waals surface area contributed by atoms with Crippen LogP contribution in [0.2, 0.25) is 0 Å². The third kappa shape index (κ3) is 4.23. The first-order valence-electron chi connectivity index (χ1n) is 10.4. The van der Waals surface area contributed by atoms with Crippen LogP contribution >= 0.6 is 11.3 Å². The molecule has 1 aromatic heterocycles. The molecule has 0 N–H and O–H groups in total. The second-order valence-electron chi connectivity index (χ2n) is 7.79. The van der Waals surface area contributed by atoms with Gasteiger partial charge < -0.3 is 9.64 Å². The quantitative estimate of drug-likeness (QED) is 0.677. The molecule has 0 bridgehead atoms. The number of carbonyl (C=O) groups excluding carboxylic acids is 1. The third-order valence-electron chi connectivity index (χ3n) is 5.75. The van der Waals surface area contributed by atoms with E-state index in [4.69, 9.17) is 9.72 Å². The van der Waals surface area contributed by atoms with Crippen LogP contribution in [0.5, 0.6) is 5.75 Å². The Kier molecular flexibility index (Phi) is 5.97. The predicted molar refractivity (Wildman–Crippen MR) is 114 cm³/mol. The molecule has 0 spiro atoms. The monoisotopic (exact) mass is 399 g/mol. The van der Waals surface area contributed by atoms with E-state index in [0.717, 1.165) is 67.1 Å². The molecule has 3 heterocycles. The van der Waals surface area contributed by atoms with Crippen LogP contribution in [-0.4, -0.2) is 48.1 Å². The second kappa shape index (κ2) is 8.62. The summed E-state index contributed by atoms with van der Waals surface area (Å²) in [6, 6.07) is 8.91. The number of aryl methyl sites for hydroxylation is 1. The molecule has 28 heavy (non-hydrogen) atoms. The first-order chi connectivity index (χ1) is 13.6. The van der Waals surface area contributed by atoms with Gasteiger partial charge in [0.2, 0.25) is 5.91 Å². The van der Waals surface area contributed by atoms with Gasteiger partial charge in [-0.1, -0.05) is 0 Å². The summed E-state index contributed by atoms with van der Waals surface area (Å²) >= 11 is 1.70. The minimum atomic E-state index is 0.0740. The molecule has 2 aliphatic heterocycles. The lowest BCUT2D eigenvalue weighted by Gasteiger charge is -2.23. The Labute approximate surface area is 171 Å². The van der Waals surface area contributed by atoms with E-state index in [1.807, 2.05) is 12.1 Å². The fraction of sp³-hybridized carbons (Fsp3) is 0.545. The van der Waals surface area contributed by atoms with Crippen LogP contribution in [0.4, 0.5) is 5.82 Å². The maximum atomic E-state index is 11.9. The van der Waals surface area contributed by atoms with Crippen molar-refractivity contribution in [3.05, 3.63) is 29.1 Å². The van der Waals surface area contributed by atoms with E-state index in [2.05, 4.69) is 24.0 Å². The van der Waals surface area contributed by atoms with Gasteiger partial charge in [-0.25, -0.2) is 4.98 Å². The fourth-order valence-corrected chi connectivity index (χ4v) is 5.24. The number of benzene rings is 1. The lowest BCUT2D eigenvalue weighted by Crippen LogP contribution is -2.33. The number of nitrogens with zero attached hydrogens (tertiary/aromatic N) is 3. The Morgan fingerprint density at radius 1 is 1.25 bits per heavy atom. The van der Waals surface area contributed by atoms with Crippen molar-refractivity contribution in [1.29, 1.82) is 0 Å². The van der Waals surface area contributed by atoms with E-state index < -0.39 is 0 Å². The zero-order chi connectivity index (χ0) is 19.5. The second-order valence-corrected chi connectivity index (χ2v) is 8.88. The van der Waals surface area contributed by atoms with Crippen LogP contribution in [-0.2, 0) is 11.2 Å². The van der Waals surface area contributed by atoms with Crippen LogP contribution in [0.15, 0.2) is 24.3 Å². The van der Waals surface area contributed by atoms with Crippen molar-refractivity contribution < 1.29 is 9.53 Å². The van der Waals surface area contributed by atoms with Gasteiger partial charge >= 0.3 is 0 Å². The Morgan fingerprint density at radius 2 is 2.07 bits per heavy atom. The smallest absolute Gasteiger partial charge is 0.225 e. The molecule has 1 fully saturated rings. The fourth-order valence-electron chi connectivity index (χ4n) is 4.13. The van der Waals surface area contributed by atoms with Gasteiger partial charge in [-0.05, 0) is 69.8 Å². The van der Waals surface area contributed by atoms with Crippen molar-refractivity contribution in [3.8, 4) is 16.3 Å². The van der Waals surface area contributed by atoms with Gasteiger partial charge in [-0.3, -0.25) is 9.69 Å². The largest absolute Gasteiger partial charge is 0.494 e. The summed E-state index contributed by atoms with van der Waals surface area (Å²) in [5.41, 5.74) is 1.08. The SMILES string of the molecule is CC(=O)N1CCCc2sc(-c3ccc(OCCCN4CCCC4C)cc3)nc21. The number of carbonyl (C=O) groups is 1. The third-order valence-corrected chi connectivity index (χ3v) is 6.90. The van der Waals surface area contributed by atoms with Crippen LogP contribution < -0.4 is 9.64 Å². The molecule has 150 valence electrons. The Balaban J connectivity index is 1.34. The summed E-state index contributed by atoms with van der Waals surface area (Å²) in [7, 11) is 0. The number of anilines is 1. The van der Waals surface area contributed by atoms with Gasteiger partial charge in [0.1, 0.15) is 16.6 Å². The highest BCUT2D eigenvalue weighted by molar-refractivity contribution is 7.15. The standard InChI is InChI=1S/C22H29N3O2S/c1-16-6-3-12-24(16)13-5-15-27-19-10-8-18(9-11-19)22-23-21-20(28-22)7-4-14-25(21)17(2)26/h8-11,16H,3-7,12-15H2,1-2H3. The zero-order valence-corrected chi connectivity index (χ0v) is 17.6. The summed E-state index contributed by atoms with van der Waals surface area (Å²) in [6.07, 6.45) is 5.73. The van der Waals surface area contributed by atoms with Crippen molar-refractivity contribution in [3.63, 3.8) is 0 Å². The molecule has 1 unspecified atom stereocenters. The number of thiazole rings is 1. The maximum Gasteiger partial charge on any atom is 0.225 e. The van der Waals surface area contributed by atoms with Crippen LogP contribution in [0.25, 0.3) is 10.6 Å². The molecular weight excluding hydrogens is 370 g/mol. The molecule has 1 aromatic carbocycles. The summed E-state index contributed by atoms with van der Waals surface area (Å²) in [5, 5.41) is 0.979. The molecular formula is C22H29N3O2S. The van der Waals surface area contributed by atoms with Gasteiger partial charge in [0.05, 0.1) is 6.61 Å². The number of amides is 1. The Morgan fingerprint density at radius 3 is 2.79 bits per heavy atom. The minimum Gasteiger partial charge on any atom is -0.494 e.